The van der Waals surface area contributed by atoms with Gasteiger partial charge in [0.15, 0.2) is 0 Å². The van der Waals surface area contributed by atoms with Crippen LogP contribution in [0.15, 0.2) is 53.1 Å². The van der Waals surface area contributed by atoms with Crippen molar-refractivity contribution >= 4 is 11.0 Å². The van der Waals surface area contributed by atoms with Crippen molar-refractivity contribution in [3.8, 4) is 0 Å². The molecule has 1 unspecified atom stereocenters. The number of rotatable bonds is 4. The van der Waals surface area contributed by atoms with Crippen LogP contribution in [0.3, 0.4) is 0 Å². The second-order valence-electron chi connectivity index (χ2n) is 4.69. The lowest BCUT2D eigenvalue weighted by molar-refractivity contribution is 0.469. The Morgan fingerprint density at radius 3 is 2.85 bits per heavy atom. The van der Waals surface area contributed by atoms with E-state index in [0.717, 1.165) is 34.4 Å². The minimum atomic E-state index is -0.237. The zero-order valence-electron chi connectivity index (χ0n) is 11.3. The second kappa shape index (κ2) is 5.45. The number of hydrogen-bond acceptors (Lipinski definition) is 4. The summed E-state index contributed by atoms with van der Waals surface area (Å²) >= 11 is 0. The summed E-state index contributed by atoms with van der Waals surface area (Å²) in [4.78, 5) is 4.46. The van der Waals surface area contributed by atoms with Gasteiger partial charge in [0.1, 0.15) is 17.4 Å². The third-order valence-corrected chi connectivity index (χ3v) is 3.48. The number of nitrogens with one attached hydrogen (secondary N) is 1. The quantitative estimate of drug-likeness (QED) is 0.563. The summed E-state index contributed by atoms with van der Waals surface area (Å²) in [7, 11) is 0. The summed E-state index contributed by atoms with van der Waals surface area (Å²) in [6.45, 7) is 2.10. The van der Waals surface area contributed by atoms with Gasteiger partial charge in [-0.3, -0.25) is 10.8 Å². The highest BCUT2D eigenvalue weighted by Gasteiger charge is 2.20. The van der Waals surface area contributed by atoms with E-state index in [1.165, 1.54) is 0 Å². The number of para-hydroxylation sites is 1. The molecule has 0 saturated heterocycles. The number of fused-ring (bicyclic) bond motifs is 1. The highest BCUT2D eigenvalue weighted by Crippen LogP contribution is 2.28. The molecular weight excluding hydrogens is 250 g/mol. The van der Waals surface area contributed by atoms with Crippen molar-refractivity contribution in [3.05, 3.63) is 65.7 Å². The van der Waals surface area contributed by atoms with Gasteiger partial charge >= 0.3 is 0 Å². The van der Waals surface area contributed by atoms with Crippen LogP contribution in [-0.2, 0) is 6.42 Å². The predicted octanol–water partition coefficient (Wildman–Crippen LogP) is 2.94. The molecule has 0 bridgehead atoms. The Kier molecular flexibility index (Phi) is 3.50. The maximum atomic E-state index is 5.89. The maximum absolute atomic E-state index is 5.89. The standard InChI is InChI=1S/C16H17N3O/c1-2-11-7-5-9-18-15(11)16(19-17)14-10-12-6-3-4-8-13(12)20-14/h3-10,16,19H,2,17H2,1H3. The number of nitrogens with two attached hydrogens (primary N) is 1. The summed E-state index contributed by atoms with van der Waals surface area (Å²) in [5, 5.41) is 1.07. The fourth-order valence-corrected chi connectivity index (χ4v) is 2.45. The molecule has 0 aliphatic rings. The molecule has 0 amide bonds. The molecule has 0 saturated carbocycles. The van der Waals surface area contributed by atoms with Crippen LogP contribution < -0.4 is 11.3 Å². The third kappa shape index (κ3) is 2.19. The van der Waals surface area contributed by atoms with E-state index in [1.807, 2.05) is 36.4 Å². The average molecular weight is 267 g/mol. The third-order valence-electron chi connectivity index (χ3n) is 3.48. The number of aromatic nitrogens is 1. The first kappa shape index (κ1) is 12.8. The number of nitrogens with zero attached hydrogens (tertiary/aromatic N) is 1. The van der Waals surface area contributed by atoms with Crippen LogP contribution in [0.4, 0.5) is 0 Å². The van der Waals surface area contributed by atoms with Crippen LogP contribution in [0, 0.1) is 0 Å². The molecule has 3 rings (SSSR count). The van der Waals surface area contributed by atoms with Crippen LogP contribution in [-0.4, -0.2) is 4.98 Å². The van der Waals surface area contributed by atoms with E-state index in [9.17, 15) is 0 Å². The normalized spacial score (nSPS) is 12.7. The molecular formula is C16H17N3O. The molecule has 0 aliphatic heterocycles. The van der Waals surface area contributed by atoms with Gasteiger partial charge in [0.2, 0.25) is 0 Å². The Labute approximate surface area is 117 Å². The molecule has 0 aliphatic carbocycles. The second-order valence-corrected chi connectivity index (χ2v) is 4.69. The summed E-state index contributed by atoms with van der Waals surface area (Å²) in [5.74, 6) is 6.51. The smallest absolute Gasteiger partial charge is 0.134 e. The first-order chi connectivity index (χ1) is 9.83. The minimum absolute atomic E-state index is 0.237. The molecule has 0 radical (unpaired) electrons. The van der Waals surface area contributed by atoms with E-state index in [2.05, 4.69) is 23.4 Å². The van der Waals surface area contributed by atoms with Gasteiger partial charge < -0.3 is 4.42 Å². The van der Waals surface area contributed by atoms with Crippen LogP contribution in [0.5, 0.6) is 0 Å². The van der Waals surface area contributed by atoms with Crippen molar-refractivity contribution in [1.29, 1.82) is 0 Å². The van der Waals surface area contributed by atoms with Crippen molar-refractivity contribution in [2.24, 2.45) is 5.84 Å². The molecule has 1 aromatic carbocycles. The zero-order chi connectivity index (χ0) is 13.9. The van der Waals surface area contributed by atoms with Gasteiger partial charge in [-0.25, -0.2) is 5.43 Å². The van der Waals surface area contributed by atoms with Gasteiger partial charge in [-0.1, -0.05) is 31.2 Å². The Morgan fingerprint density at radius 1 is 1.25 bits per heavy atom. The summed E-state index contributed by atoms with van der Waals surface area (Å²) in [6.07, 6.45) is 2.68. The lowest BCUT2D eigenvalue weighted by Gasteiger charge is -2.15. The van der Waals surface area contributed by atoms with Crippen LogP contribution in [0.25, 0.3) is 11.0 Å². The van der Waals surface area contributed by atoms with Crippen molar-refractivity contribution in [1.82, 2.24) is 10.4 Å². The van der Waals surface area contributed by atoms with Gasteiger partial charge in [0.25, 0.3) is 0 Å². The number of aryl methyl sites for hydroxylation is 1. The van der Waals surface area contributed by atoms with Crippen LogP contribution in [0.2, 0.25) is 0 Å². The molecule has 3 N–H and O–H groups in total. The molecule has 1 atom stereocenters. The maximum Gasteiger partial charge on any atom is 0.134 e. The highest BCUT2D eigenvalue weighted by molar-refractivity contribution is 5.77. The first-order valence-corrected chi connectivity index (χ1v) is 6.72. The zero-order valence-corrected chi connectivity index (χ0v) is 11.3. The Balaban J connectivity index is 2.09. The fourth-order valence-electron chi connectivity index (χ4n) is 2.45. The van der Waals surface area contributed by atoms with Gasteiger partial charge in [0, 0.05) is 11.6 Å². The Hall–Kier alpha value is -2.17. The summed E-state index contributed by atoms with van der Waals surface area (Å²) < 4.78 is 5.89. The molecule has 2 heterocycles. The SMILES string of the molecule is CCc1cccnc1C(NN)c1cc2ccccc2o1. The topological polar surface area (TPSA) is 64.1 Å². The molecule has 20 heavy (non-hydrogen) atoms. The molecule has 2 aromatic heterocycles. The summed E-state index contributed by atoms with van der Waals surface area (Å²) in [6, 6.07) is 13.7. The monoisotopic (exact) mass is 267 g/mol. The summed E-state index contributed by atoms with van der Waals surface area (Å²) in [5.41, 5.74) is 5.75. The Morgan fingerprint density at radius 2 is 2.10 bits per heavy atom. The van der Waals surface area contributed by atoms with Crippen molar-refractivity contribution in [2.45, 2.75) is 19.4 Å². The largest absolute Gasteiger partial charge is 0.459 e. The van der Waals surface area contributed by atoms with E-state index in [1.54, 1.807) is 6.20 Å². The van der Waals surface area contributed by atoms with E-state index < -0.39 is 0 Å². The van der Waals surface area contributed by atoms with E-state index >= 15 is 0 Å². The number of pyridine rings is 1. The first-order valence-electron chi connectivity index (χ1n) is 6.72. The van der Waals surface area contributed by atoms with Crippen molar-refractivity contribution < 1.29 is 4.42 Å². The number of benzene rings is 1. The van der Waals surface area contributed by atoms with Gasteiger partial charge in [-0.05, 0) is 30.2 Å². The van der Waals surface area contributed by atoms with Crippen molar-refractivity contribution in [3.63, 3.8) is 0 Å². The average Bonchev–Trinajstić information content (AvgIpc) is 2.92. The molecule has 4 heteroatoms. The number of hydrogen-bond donors (Lipinski definition) is 2. The molecule has 102 valence electrons. The highest BCUT2D eigenvalue weighted by atomic mass is 16.3. The lowest BCUT2D eigenvalue weighted by Crippen LogP contribution is -2.30. The number of furan rings is 1. The molecule has 0 spiro atoms. The lowest BCUT2D eigenvalue weighted by atomic mass is 10.0. The predicted molar refractivity (Wildman–Crippen MR) is 79.0 cm³/mol. The van der Waals surface area contributed by atoms with Crippen molar-refractivity contribution in [2.75, 3.05) is 0 Å². The van der Waals surface area contributed by atoms with E-state index in [4.69, 9.17) is 10.3 Å². The number of hydrazine groups is 1. The van der Waals surface area contributed by atoms with Crippen LogP contribution >= 0.6 is 0 Å². The van der Waals surface area contributed by atoms with Gasteiger partial charge in [-0.2, -0.15) is 0 Å². The van der Waals surface area contributed by atoms with Gasteiger partial charge in [0.05, 0.1) is 5.69 Å². The van der Waals surface area contributed by atoms with Crippen LogP contribution in [0.1, 0.15) is 30.0 Å². The molecule has 4 nitrogen and oxygen atoms in total. The Bertz CT molecular complexity index is 687. The molecule has 3 aromatic rings. The van der Waals surface area contributed by atoms with E-state index in [0.29, 0.717) is 0 Å². The van der Waals surface area contributed by atoms with E-state index in [-0.39, 0.29) is 6.04 Å². The molecule has 0 fully saturated rings. The fraction of sp³-hybridized carbons (Fsp3) is 0.188. The minimum Gasteiger partial charge on any atom is -0.459 e. The van der Waals surface area contributed by atoms with Gasteiger partial charge in [-0.15, -0.1) is 0 Å².